The van der Waals surface area contributed by atoms with E-state index in [4.69, 9.17) is 0 Å². The molecule has 3 heteroatoms. The summed E-state index contributed by atoms with van der Waals surface area (Å²) in [5.41, 5.74) is 0. The lowest BCUT2D eigenvalue weighted by Gasteiger charge is -2.12. The molecule has 0 aliphatic heterocycles. The number of rotatable bonds is 3. The third kappa shape index (κ3) is 24.8. The molecule has 0 bridgehead atoms. The summed E-state index contributed by atoms with van der Waals surface area (Å²) in [5, 5.41) is 0. The molecule has 0 aliphatic rings. The Kier molecular flexibility index (Phi) is 15.1. The molecule has 0 saturated carbocycles. The van der Waals surface area contributed by atoms with Crippen LogP contribution in [0.3, 0.4) is 0 Å². The van der Waals surface area contributed by atoms with Crippen molar-refractivity contribution in [3.63, 3.8) is 0 Å². The van der Waals surface area contributed by atoms with Crippen molar-refractivity contribution in [1.82, 2.24) is 0 Å². The van der Waals surface area contributed by atoms with Crippen molar-refractivity contribution in [3.8, 4) is 0 Å². The van der Waals surface area contributed by atoms with E-state index in [0.717, 1.165) is 12.8 Å². The summed E-state index contributed by atoms with van der Waals surface area (Å²) in [6.45, 7) is 15.9. The molecule has 0 radical (unpaired) electrons. The molecule has 1 atom stereocenters. The van der Waals surface area contributed by atoms with Gasteiger partial charge in [-0.05, 0) is 25.7 Å². The smallest absolute Gasteiger partial charge is 0.247 e. The highest BCUT2D eigenvalue weighted by molar-refractivity contribution is 4.60. The zero-order valence-electron chi connectivity index (χ0n) is 13.7. The van der Waals surface area contributed by atoms with Crippen LogP contribution < -0.4 is 0 Å². The highest BCUT2D eigenvalue weighted by Crippen LogP contribution is 2.21. The molecule has 0 saturated heterocycles. The first-order valence-corrected chi connectivity index (χ1v) is 6.87. The minimum atomic E-state index is -2.50. The van der Waals surface area contributed by atoms with Gasteiger partial charge in [0.2, 0.25) is 5.92 Å². The highest BCUT2D eigenvalue weighted by Gasteiger charge is 2.25. The number of hydrogen-bond acceptors (Lipinski definition) is 0. The van der Waals surface area contributed by atoms with Crippen LogP contribution in [-0.4, -0.2) is 12.1 Å². The van der Waals surface area contributed by atoms with Crippen molar-refractivity contribution in [2.75, 3.05) is 0 Å². The Morgan fingerprint density at radius 1 is 0.889 bits per heavy atom. The van der Waals surface area contributed by atoms with Crippen LogP contribution in [0.4, 0.5) is 13.2 Å². The van der Waals surface area contributed by atoms with Gasteiger partial charge in [0.05, 0.1) is 6.17 Å². The van der Waals surface area contributed by atoms with Gasteiger partial charge in [0, 0.05) is 5.92 Å². The lowest BCUT2D eigenvalue weighted by atomic mass is 10.1. The molecule has 114 valence electrons. The Labute approximate surface area is 112 Å². The Balaban J connectivity index is -0.000000190. The second-order valence-electron chi connectivity index (χ2n) is 5.83. The van der Waals surface area contributed by atoms with E-state index in [-0.39, 0.29) is 5.92 Å². The third-order valence-corrected chi connectivity index (χ3v) is 2.75. The maximum atomic E-state index is 11.8. The van der Waals surface area contributed by atoms with Crippen molar-refractivity contribution < 1.29 is 13.2 Å². The summed E-state index contributed by atoms with van der Waals surface area (Å²) in [4.78, 5) is 0. The average molecular weight is 270 g/mol. The molecule has 0 heterocycles. The first-order valence-electron chi connectivity index (χ1n) is 6.87. The molecule has 0 spiro atoms. The Morgan fingerprint density at radius 3 is 1.06 bits per heavy atom. The predicted molar refractivity (Wildman–Crippen MR) is 76.0 cm³/mol. The summed E-state index contributed by atoms with van der Waals surface area (Å²) in [6, 6.07) is 0. The molecule has 0 fully saturated rings. The molecule has 0 rings (SSSR count). The summed E-state index contributed by atoms with van der Waals surface area (Å²) < 4.78 is 35.5. The summed E-state index contributed by atoms with van der Waals surface area (Å²) >= 11 is 0. The van der Waals surface area contributed by atoms with Crippen LogP contribution in [0.15, 0.2) is 0 Å². The van der Waals surface area contributed by atoms with Gasteiger partial charge in [0.1, 0.15) is 0 Å². The van der Waals surface area contributed by atoms with Gasteiger partial charge in [-0.3, -0.25) is 0 Å². The summed E-state index contributed by atoms with van der Waals surface area (Å²) in [7, 11) is 0. The number of alkyl halides is 3. The predicted octanol–water partition coefficient (Wildman–Crippen LogP) is 6.35. The lowest BCUT2D eigenvalue weighted by Crippen LogP contribution is -2.17. The molecule has 0 aromatic heterocycles. The zero-order valence-corrected chi connectivity index (χ0v) is 13.7. The van der Waals surface area contributed by atoms with Crippen LogP contribution in [0.25, 0.3) is 0 Å². The maximum absolute atomic E-state index is 11.8. The fourth-order valence-electron chi connectivity index (χ4n) is 0. The lowest BCUT2D eigenvalue weighted by molar-refractivity contribution is -0.0251. The van der Waals surface area contributed by atoms with Gasteiger partial charge in [-0.25, -0.2) is 13.2 Å². The van der Waals surface area contributed by atoms with Crippen molar-refractivity contribution in [2.45, 2.75) is 80.8 Å². The third-order valence-electron chi connectivity index (χ3n) is 2.75. The Hall–Kier alpha value is -0.210. The largest absolute Gasteiger partial charge is 0.248 e. The van der Waals surface area contributed by atoms with Gasteiger partial charge >= 0.3 is 0 Å². The maximum Gasteiger partial charge on any atom is 0.247 e. The SMILES string of the molecule is CC(C)C(C)(F)F.CC(C)C(C)F.CCC(C)C. The molecule has 0 amide bonds. The van der Waals surface area contributed by atoms with Gasteiger partial charge in [-0.2, -0.15) is 0 Å². The molecule has 0 aromatic carbocycles. The summed E-state index contributed by atoms with van der Waals surface area (Å²) in [6.07, 6.45) is 0.657. The monoisotopic (exact) mass is 270 g/mol. The van der Waals surface area contributed by atoms with Crippen LogP contribution in [0.1, 0.15) is 68.7 Å². The van der Waals surface area contributed by atoms with E-state index in [2.05, 4.69) is 20.8 Å². The zero-order chi connectivity index (χ0) is 15.5. The van der Waals surface area contributed by atoms with Crippen molar-refractivity contribution in [1.29, 1.82) is 0 Å². The average Bonchev–Trinajstić information content (AvgIpc) is 2.17. The van der Waals surface area contributed by atoms with E-state index in [0.29, 0.717) is 0 Å². The Bertz CT molecular complexity index is 150. The quantitative estimate of drug-likeness (QED) is 0.560. The van der Waals surface area contributed by atoms with Crippen LogP contribution in [0.2, 0.25) is 0 Å². The first-order chi connectivity index (χ1) is 7.86. The Morgan fingerprint density at radius 2 is 1.06 bits per heavy atom. The van der Waals surface area contributed by atoms with E-state index in [9.17, 15) is 13.2 Å². The summed E-state index contributed by atoms with van der Waals surface area (Å²) in [5.74, 6) is -1.97. The van der Waals surface area contributed by atoms with Gasteiger partial charge in [-0.15, -0.1) is 0 Å². The topological polar surface area (TPSA) is 0 Å². The van der Waals surface area contributed by atoms with Crippen LogP contribution in [0.5, 0.6) is 0 Å². The van der Waals surface area contributed by atoms with Crippen molar-refractivity contribution in [3.05, 3.63) is 0 Å². The van der Waals surface area contributed by atoms with E-state index >= 15 is 0 Å². The molecule has 18 heavy (non-hydrogen) atoms. The fourth-order valence-corrected chi connectivity index (χ4v) is 0. The van der Waals surface area contributed by atoms with Crippen LogP contribution in [0, 0.1) is 17.8 Å². The highest BCUT2D eigenvalue weighted by atomic mass is 19.3. The van der Waals surface area contributed by atoms with Crippen molar-refractivity contribution in [2.24, 2.45) is 17.8 Å². The second-order valence-corrected chi connectivity index (χ2v) is 5.83. The number of halogens is 3. The van der Waals surface area contributed by atoms with Gasteiger partial charge in [-0.1, -0.05) is 54.9 Å². The number of hydrogen-bond donors (Lipinski definition) is 0. The van der Waals surface area contributed by atoms with Crippen LogP contribution in [-0.2, 0) is 0 Å². The van der Waals surface area contributed by atoms with E-state index < -0.39 is 18.0 Å². The van der Waals surface area contributed by atoms with E-state index in [1.165, 1.54) is 20.3 Å². The second kappa shape index (κ2) is 11.9. The minimum Gasteiger partial charge on any atom is -0.248 e. The van der Waals surface area contributed by atoms with E-state index in [1.807, 2.05) is 13.8 Å². The molecule has 0 aliphatic carbocycles. The van der Waals surface area contributed by atoms with E-state index in [1.54, 1.807) is 6.92 Å². The fraction of sp³-hybridized carbons (Fsp3) is 1.00. The van der Waals surface area contributed by atoms with Gasteiger partial charge < -0.3 is 0 Å². The molecule has 0 nitrogen and oxygen atoms in total. The molecule has 1 unspecified atom stereocenters. The normalized spacial score (nSPS) is 12.8. The van der Waals surface area contributed by atoms with Gasteiger partial charge in [0.15, 0.2) is 0 Å². The molecular weight excluding hydrogens is 237 g/mol. The first kappa shape index (κ1) is 22.9. The standard InChI is InChI=1S/C5H10F2.C5H11F.C5H12/c1-4(2)5(3,6)7;1-4(2)5(3)6;1-4-5(2)3/h4H,1-3H3;4-5H,1-3H3;5H,4H2,1-3H3. The molecule has 0 N–H and O–H groups in total. The van der Waals surface area contributed by atoms with Crippen molar-refractivity contribution >= 4 is 0 Å². The molecule has 0 aromatic rings. The minimum absolute atomic E-state index is 0.185. The van der Waals surface area contributed by atoms with Crippen LogP contribution >= 0.6 is 0 Å². The molecular formula is C15H33F3. The van der Waals surface area contributed by atoms with Gasteiger partial charge in [0.25, 0.3) is 0 Å².